The number of carboxylic acid groups (broad SMARTS) is 1. The molecule has 27 heavy (non-hydrogen) atoms. The molecule has 0 aliphatic carbocycles. The van der Waals surface area contributed by atoms with E-state index in [9.17, 15) is 23.1 Å². The molecule has 8 heteroatoms. The molecular weight excluding hydrogens is 361 g/mol. The van der Waals surface area contributed by atoms with Crippen molar-refractivity contribution >= 4 is 22.6 Å². The number of anilines is 1. The Morgan fingerprint density at radius 1 is 1.37 bits per heavy atom. The van der Waals surface area contributed by atoms with Crippen LogP contribution in [0.2, 0.25) is 0 Å². The van der Waals surface area contributed by atoms with Crippen LogP contribution in [0.3, 0.4) is 0 Å². The zero-order chi connectivity index (χ0) is 19.7. The first kappa shape index (κ1) is 19.4. The molecule has 0 bridgehead atoms. The third-order valence-corrected chi connectivity index (χ3v) is 5.21. The van der Waals surface area contributed by atoms with Crippen molar-refractivity contribution in [3.8, 4) is 0 Å². The summed E-state index contributed by atoms with van der Waals surface area (Å²) in [6.45, 7) is 1.12. The average molecular weight is 382 g/mol. The number of alkyl halides is 3. The molecule has 1 atom stereocenters. The third kappa shape index (κ3) is 3.71. The number of carbonyl (C=O) groups is 1. The number of fused-ring (bicyclic) bond motifs is 1. The van der Waals surface area contributed by atoms with Gasteiger partial charge in [0.05, 0.1) is 16.5 Å². The predicted molar refractivity (Wildman–Crippen MR) is 94.8 cm³/mol. The Balaban J connectivity index is 2.03. The Labute approximate surface area is 154 Å². The molecule has 2 aromatic rings. The largest absolute Gasteiger partial charge is 0.481 e. The van der Waals surface area contributed by atoms with Crippen LogP contribution in [0.25, 0.3) is 10.9 Å². The molecule has 3 rings (SSSR count). The highest BCUT2D eigenvalue weighted by molar-refractivity contribution is 5.94. The summed E-state index contributed by atoms with van der Waals surface area (Å²) in [4.78, 5) is 17.8. The van der Waals surface area contributed by atoms with E-state index in [0.717, 1.165) is 6.07 Å². The smallest absolute Gasteiger partial charge is 0.418 e. The van der Waals surface area contributed by atoms with E-state index >= 15 is 0 Å². The van der Waals surface area contributed by atoms with Gasteiger partial charge in [-0.15, -0.1) is 0 Å². The number of pyridine rings is 1. The minimum absolute atomic E-state index is 0.120. The Morgan fingerprint density at radius 2 is 2.15 bits per heavy atom. The molecule has 2 heterocycles. The van der Waals surface area contributed by atoms with Gasteiger partial charge in [0.25, 0.3) is 0 Å². The molecule has 1 N–H and O–H groups in total. The van der Waals surface area contributed by atoms with Crippen LogP contribution in [-0.4, -0.2) is 42.9 Å². The number of piperidine rings is 1. The second-order valence-corrected chi connectivity index (χ2v) is 6.88. The van der Waals surface area contributed by atoms with Crippen molar-refractivity contribution in [3.63, 3.8) is 0 Å². The van der Waals surface area contributed by atoms with Gasteiger partial charge in [-0.3, -0.25) is 9.78 Å². The summed E-state index contributed by atoms with van der Waals surface area (Å²) in [5, 5.41) is 10.2. The van der Waals surface area contributed by atoms with Crippen LogP contribution in [0.1, 0.15) is 24.8 Å². The highest BCUT2D eigenvalue weighted by atomic mass is 19.4. The van der Waals surface area contributed by atoms with Crippen LogP contribution in [-0.2, 0) is 15.7 Å². The van der Waals surface area contributed by atoms with Crippen LogP contribution < -0.4 is 4.90 Å². The molecule has 0 amide bonds. The first-order valence-corrected chi connectivity index (χ1v) is 8.71. The molecule has 1 aliphatic rings. The Morgan fingerprint density at radius 3 is 2.81 bits per heavy atom. The fraction of sp³-hybridized carbons (Fsp3) is 0.474. The van der Waals surface area contributed by atoms with Crippen molar-refractivity contribution in [2.45, 2.75) is 25.4 Å². The quantitative estimate of drug-likeness (QED) is 0.848. The molecule has 0 unspecified atom stereocenters. The number of aliphatic carboxylic acids is 1. The number of rotatable bonds is 5. The van der Waals surface area contributed by atoms with E-state index in [0.29, 0.717) is 43.5 Å². The second kappa shape index (κ2) is 7.34. The van der Waals surface area contributed by atoms with Crippen molar-refractivity contribution in [3.05, 3.63) is 36.0 Å². The van der Waals surface area contributed by atoms with Crippen LogP contribution in [0, 0.1) is 5.41 Å². The second-order valence-electron chi connectivity index (χ2n) is 6.88. The topological polar surface area (TPSA) is 62.7 Å². The maximum Gasteiger partial charge on any atom is 0.418 e. The van der Waals surface area contributed by atoms with Gasteiger partial charge in [0.15, 0.2) is 0 Å². The minimum atomic E-state index is -4.50. The van der Waals surface area contributed by atoms with Gasteiger partial charge in [-0.1, -0.05) is 12.1 Å². The highest BCUT2D eigenvalue weighted by Crippen LogP contribution is 2.40. The van der Waals surface area contributed by atoms with Crippen molar-refractivity contribution in [2.24, 2.45) is 5.41 Å². The lowest BCUT2D eigenvalue weighted by Crippen LogP contribution is -2.48. The molecule has 1 saturated heterocycles. The van der Waals surface area contributed by atoms with Crippen LogP contribution in [0.4, 0.5) is 18.9 Å². The molecular formula is C19H21F3N2O3. The summed E-state index contributed by atoms with van der Waals surface area (Å²) in [7, 11) is 1.52. The van der Waals surface area contributed by atoms with E-state index in [1.165, 1.54) is 19.4 Å². The minimum Gasteiger partial charge on any atom is -0.481 e. The number of para-hydroxylation sites is 1. The first-order valence-electron chi connectivity index (χ1n) is 8.71. The average Bonchev–Trinajstić information content (AvgIpc) is 2.64. The molecule has 0 spiro atoms. The number of halogens is 3. The number of carboxylic acids is 1. The standard InChI is InChI=1S/C19H21F3N2O3/c1-27-11-8-18(17(25)26)7-3-10-24(12-18)15-6-9-23-16-13(15)4-2-5-14(16)19(20,21)22/h2,4-6,9H,3,7-8,10-12H2,1H3,(H,25,26)/t18-/m0/s1. The summed E-state index contributed by atoms with van der Waals surface area (Å²) < 4.78 is 45.0. The van der Waals surface area contributed by atoms with Crippen molar-refractivity contribution in [2.75, 3.05) is 31.7 Å². The fourth-order valence-corrected chi connectivity index (χ4v) is 3.79. The zero-order valence-corrected chi connectivity index (χ0v) is 14.9. The molecule has 0 radical (unpaired) electrons. The predicted octanol–water partition coefficient (Wildman–Crippen LogP) is 3.96. The maximum absolute atomic E-state index is 13.3. The van der Waals surface area contributed by atoms with Gasteiger partial charge in [0, 0.05) is 44.1 Å². The lowest BCUT2D eigenvalue weighted by atomic mass is 9.77. The Kier molecular flexibility index (Phi) is 5.28. The van der Waals surface area contributed by atoms with Gasteiger partial charge in [-0.2, -0.15) is 13.2 Å². The molecule has 1 aromatic carbocycles. The van der Waals surface area contributed by atoms with Crippen molar-refractivity contribution in [1.29, 1.82) is 0 Å². The van der Waals surface area contributed by atoms with Crippen LogP contribution in [0.15, 0.2) is 30.5 Å². The highest BCUT2D eigenvalue weighted by Gasteiger charge is 2.42. The van der Waals surface area contributed by atoms with E-state index in [1.807, 2.05) is 4.90 Å². The number of methoxy groups -OCH3 is 1. The third-order valence-electron chi connectivity index (χ3n) is 5.21. The van der Waals surface area contributed by atoms with Crippen LogP contribution in [0.5, 0.6) is 0 Å². The number of nitrogens with zero attached hydrogens (tertiary/aromatic N) is 2. The lowest BCUT2D eigenvalue weighted by Gasteiger charge is -2.41. The zero-order valence-electron chi connectivity index (χ0n) is 14.9. The molecule has 146 valence electrons. The summed E-state index contributed by atoms with van der Waals surface area (Å²) in [6, 6.07) is 5.61. The number of hydrogen-bond acceptors (Lipinski definition) is 4. The van der Waals surface area contributed by atoms with Gasteiger partial charge in [0.2, 0.25) is 0 Å². The molecule has 1 fully saturated rings. The van der Waals surface area contributed by atoms with E-state index in [-0.39, 0.29) is 12.1 Å². The van der Waals surface area contributed by atoms with E-state index < -0.39 is 23.1 Å². The van der Waals surface area contributed by atoms with Crippen molar-refractivity contribution < 1.29 is 27.8 Å². The number of aromatic nitrogens is 1. The molecule has 1 aromatic heterocycles. The molecule has 5 nitrogen and oxygen atoms in total. The molecule has 0 saturated carbocycles. The number of hydrogen-bond donors (Lipinski definition) is 1. The van der Waals surface area contributed by atoms with E-state index in [2.05, 4.69) is 4.98 Å². The fourth-order valence-electron chi connectivity index (χ4n) is 3.79. The summed E-state index contributed by atoms with van der Waals surface area (Å²) >= 11 is 0. The number of benzene rings is 1. The SMILES string of the molecule is COCC[C@@]1(C(=O)O)CCCN(c2ccnc3c(C(F)(F)F)cccc23)C1. The van der Waals surface area contributed by atoms with E-state index in [4.69, 9.17) is 4.74 Å². The van der Waals surface area contributed by atoms with Gasteiger partial charge < -0.3 is 14.7 Å². The monoisotopic (exact) mass is 382 g/mol. The van der Waals surface area contributed by atoms with Crippen molar-refractivity contribution in [1.82, 2.24) is 4.98 Å². The first-order chi connectivity index (χ1) is 12.8. The number of ether oxygens (including phenoxy) is 1. The maximum atomic E-state index is 13.3. The summed E-state index contributed by atoms with van der Waals surface area (Å²) in [6.07, 6.45) is -1.65. The van der Waals surface area contributed by atoms with Gasteiger partial charge in [-0.25, -0.2) is 0 Å². The Bertz CT molecular complexity index is 841. The van der Waals surface area contributed by atoms with E-state index in [1.54, 1.807) is 12.1 Å². The normalized spacial score (nSPS) is 20.8. The lowest BCUT2D eigenvalue weighted by molar-refractivity contribution is -0.150. The van der Waals surface area contributed by atoms with Gasteiger partial charge in [-0.05, 0) is 31.4 Å². The Hall–Kier alpha value is -2.35. The van der Waals surface area contributed by atoms with Gasteiger partial charge in [0.1, 0.15) is 0 Å². The summed E-state index contributed by atoms with van der Waals surface area (Å²) in [5.41, 5.74) is -1.31. The van der Waals surface area contributed by atoms with Gasteiger partial charge >= 0.3 is 12.1 Å². The summed E-state index contributed by atoms with van der Waals surface area (Å²) in [5.74, 6) is -0.904. The van der Waals surface area contributed by atoms with Crippen LogP contribution >= 0.6 is 0 Å². The molecule has 1 aliphatic heterocycles.